The molecule has 0 fully saturated rings. The van der Waals surface area contributed by atoms with Crippen LogP contribution in [0.3, 0.4) is 0 Å². The molecule has 0 N–H and O–H groups in total. The number of amides is 1. The minimum absolute atomic E-state index is 0.0999. The Balaban J connectivity index is 1.80. The van der Waals surface area contributed by atoms with Crippen LogP contribution in [0.1, 0.15) is 47.6 Å². The standard InChI is InChI=1S/C31H33N7O/c1-6-12-25-13-8-9-14-26(25)31(39)38(22(3)24(7-2)17-32)21-29-34-28-16-11-10-15-27(28)30(35-29)36(4)19-23-18-33-37(5)20-23/h7-11,13-16,18,20H,2,6,12,19,21H2,1,3-5H3/b24-22-. The average Bonchev–Trinajstić information content (AvgIpc) is 3.36. The van der Waals surface area contributed by atoms with Gasteiger partial charge in [-0.05, 0) is 43.2 Å². The van der Waals surface area contributed by atoms with Crippen molar-refractivity contribution in [2.24, 2.45) is 7.05 Å². The second-order valence-electron chi connectivity index (χ2n) is 9.47. The first-order chi connectivity index (χ1) is 18.9. The zero-order chi connectivity index (χ0) is 27.9. The van der Waals surface area contributed by atoms with Crippen LogP contribution in [0.25, 0.3) is 10.9 Å². The molecule has 198 valence electrons. The Hall–Kier alpha value is -4.77. The van der Waals surface area contributed by atoms with E-state index in [1.165, 1.54) is 6.08 Å². The van der Waals surface area contributed by atoms with Gasteiger partial charge in [0, 0.05) is 49.0 Å². The van der Waals surface area contributed by atoms with Gasteiger partial charge < -0.3 is 9.80 Å². The maximum Gasteiger partial charge on any atom is 0.258 e. The number of aryl methyl sites for hydroxylation is 2. The van der Waals surface area contributed by atoms with Crippen molar-refractivity contribution in [3.05, 3.63) is 107 Å². The Morgan fingerprint density at radius 1 is 1.13 bits per heavy atom. The molecule has 0 radical (unpaired) electrons. The Labute approximate surface area is 229 Å². The third-order valence-corrected chi connectivity index (χ3v) is 6.60. The lowest BCUT2D eigenvalue weighted by Gasteiger charge is -2.26. The van der Waals surface area contributed by atoms with Crippen molar-refractivity contribution < 1.29 is 4.79 Å². The van der Waals surface area contributed by atoms with Gasteiger partial charge in [-0.3, -0.25) is 9.48 Å². The molecule has 0 aliphatic rings. The van der Waals surface area contributed by atoms with E-state index >= 15 is 0 Å². The zero-order valence-corrected chi connectivity index (χ0v) is 22.9. The number of hydrogen-bond donors (Lipinski definition) is 0. The van der Waals surface area contributed by atoms with E-state index < -0.39 is 0 Å². The summed E-state index contributed by atoms with van der Waals surface area (Å²) in [5.74, 6) is 1.03. The lowest BCUT2D eigenvalue weighted by Crippen LogP contribution is -2.31. The van der Waals surface area contributed by atoms with Crippen LogP contribution in [0, 0.1) is 11.3 Å². The van der Waals surface area contributed by atoms with Crippen molar-refractivity contribution >= 4 is 22.6 Å². The summed E-state index contributed by atoms with van der Waals surface area (Å²) in [6.07, 6.45) is 6.97. The number of carbonyl (C=O) groups excluding carboxylic acids is 1. The van der Waals surface area contributed by atoms with E-state index in [2.05, 4.69) is 29.6 Å². The van der Waals surface area contributed by atoms with Crippen LogP contribution in [-0.4, -0.2) is 37.6 Å². The first kappa shape index (κ1) is 27.3. The number of anilines is 1. The van der Waals surface area contributed by atoms with E-state index in [0.29, 0.717) is 29.2 Å². The summed E-state index contributed by atoms with van der Waals surface area (Å²) in [7, 11) is 3.87. The number of aromatic nitrogens is 4. The number of para-hydroxylation sites is 1. The van der Waals surface area contributed by atoms with Gasteiger partial charge in [-0.1, -0.05) is 50.3 Å². The summed E-state index contributed by atoms with van der Waals surface area (Å²) < 4.78 is 1.77. The number of fused-ring (bicyclic) bond motifs is 1. The molecular formula is C31H33N7O. The fourth-order valence-electron chi connectivity index (χ4n) is 4.64. The highest BCUT2D eigenvalue weighted by Gasteiger charge is 2.24. The molecule has 0 aliphatic carbocycles. The highest BCUT2D eigenvalue weighted by molar-refractivity contribution is 5.97. The fourth-order valence-corrected chi connectivity index (χ4v) is 4.64. The average molecular weight is 520 g/mol. The molecule has 0 saturated heterocycles. The predicted octanol–water partition coefficient (Wildman–Crippen LogP) is 5.58. The third-order valence-electron chi connectivity index (χ3n) is 6.60. The summed E-state index contributed by atoms with van der Waals surface area (Å²) in [6.45, 7) is 8.33. The highest BCUT2D eigenvalue weighted by atomic mass is 16.2. The van der Waals surface area contributed by atoms with Gasteiger partial charge in [0.25, 0.3) is 5.91 Å². The van der Waals surface area contributed by atoms with Crippen molar-refractivity contribution in [3.8, 4) is 6.07 Å². The number of benzene rings is 2. The molecule has 8 heteroatoms. The monoisotopic (exact) mass is 519 g/mol. The quantitative estimate of drug-likeness (QED) is 0.201. The minimum atomic E-state index is -0.201. The molecule has 0 aliphatic heterocycles. The number of rotatable bonds is 10. The summed E-state index contributed by atoms with van der Waals surface area (Å²) in [4.78, 5) is 27.4. The van der Waals surface area contributed by atoms with Crippen LogP contribution in [0.4, 0.5) is 5.82 Å². The van der Waals surface area contributed by atoms with E-state index in [1.54, 1.807) is 16.5 Å². The molecule has 0 atom stereocenters. The largest absolute Gasteiger partial charge is 0.355 e. The summed E-state index contributed by atoms with van der Waals surface area (Å²) in [6, 6.07) is 17.6. The van der Waals surface area contributed by atoms with Gasteiger partial charge in [0.15, 0.2) is 5.82 Å². The smallest absolute Gasteiger partial charge is 0.258 e. The number of carbonyl (C=O) groups is 1. The number of allylic oxidation sites excluding steroid dienone is 3. The van der Waals surface area contributed by atoms with Crippen LogP contribution in [0.2, 0.25) is 0 Å². The Bertz CT molecular complexity index is 1580. The van der Waals surface area contributed by atoms with Gasteiger partial charge in [0.2, 0.25) is 0 Å². The molecule has 1 amide bonds. The van der Waals surface area contributed by atoms with Crippen molar-refractivity contribution in [3.63, 3.8) is 0 Å². The van der Waals surface area contributed by atoms with Crippen molar-refractivity contribution in [2.75, 3.05) is 11.9 Å². The van der Waals surface area contributed by atoms with Crippen LogP contribution in [-0.2, 0) is 26.6 Å². The Morgan fingerprint density at radius 3 is 2.56 bits per heavy atom. The molecule has 8 nitrogen and oxygen atoms in total. The minimum Gasteiger partial charge on any atom is -0.355 e. The highest BCUT2D eigenvalue weighted by Crippen LogP contribution is 2.26. The van der Waals surface area contributed by atoms with Crippen LogP contribution < -0.4 is 4.90 Å². The molecule has 0 bridgehead atoms. The Morgan fingerprint density at radius 2 is 1.87 bits per heavy atom. The zero-order valence-electron chi connectivity index (χ0n) is 22.9. The lowest BCUT2D eigenvalue weighted by molar-refractivity contribution is 0.0791. The summed E-state index contributed by atoms with van der Waals surface area (Å²) in [5, 5.41) is 14.9. The van der Waals surface area contributed by atoms with Gasteiger partial charge in [0.05, 0.1) is 23.8 Å². The molecule has 4 aromatic rings. The summed E-state index contributed by atoms with van der Waals surface area (Å²) >= 11 is 0. The van der Waals surface area contributed by atoms with Gasteiger partial charge in [0.1, 0.15) is 11.9 Å². The number of hydrogen-bond acceptors (Lipinski definition) is 6. The van der Waals surface area contributed by atoms with Crippen molar-refractivity contribution in [1.82, 2.24) is 24.6 Å². The first-order valence-electron chi connectivity index (χ1n) is 12.9. The van der Waals surface area contributed by atoms with E-state index in [4.69, 9.17) is 9.97 Å². The van der Waals surface area contributed by atoms with E-state index in [9.17, 15) is 10.1 Å². The van der Waals surface area contributed by atoms with Gasteiger partial charge in [-0.15, -0.1) is 0 Å². The molecule has 2 heterocycles. The van der Waals surface area contributed by atoms with Crippen molar-refractivity contribution in [2.45, 2.75) is 39.8 Å². The summed E-state index contributed by atoms with van der Waals surface area (Å²) in [5.41, 5.74) is 4.24. The number of nitrogens with zero attached hydrogens (tertiary/aromatic N) is 7. The molecule has 0 spiro atoms. The van der Waals surface area contributed by atoms with Gasteiger partial charge in [-0.2, -0.15) is 10.4 Å². The molecule has 0 unspecified atom stereocenters. The van der Waals surface area contributed by atoms with Crippen molar-refractivity contribution in [1.29, 1.82) is 5.26 Å². The van der Waals surface area contributed by atoms with E-state index in [0.717, 1.165) is 40.7 Å². The third kappa shape index (κ3) is 6.04. The number of nitriles is 1. The molecular weight excluding hydrogens is 486 g/mol. The molecule has 2 aromatic carbocycles. The molecule has 4 rings (SSSR count). The van der Waals surface area contributed by atoms with E-state index in [-0.39, 0.29) is 12.5 Å². The normalized spacial score (nSPS) is 11.6. The molecule has 2 aromatic heterocycles. The second-order valence-corrected chi connectivity index (χ2v) is 9.47. The maximum absolute atomic E-state index is 14.0. The lowest BCUT2D eigenvalue weighted by atomic mass is 10.0. The maximum atomic E-state index is 14.0. The van der Waals surface area contributed by atoms with Gasteiger partial charge >= 0.3 is 0 Å². The second kappa shape index (κ2) is 12.2. The van der Waals surface area contributed by atoms with Crippen LogP contribution in [0.15, 0.2) is 84.8 Å². The molecule has 39 heavy (non-hydrogen) atoms. The Kier molecular flexibility index (Phi) is 8.52. The first-order valence-corrected chi connectivity index (χ1v) is 12.9. The van der Waals surface area contributed by atoms with Crippen LogP contribution >= 0.6 is 0 Å². The SMILES string of the molecule is C=C/C(C#N)=C(\C)N(Cc1nc(N(C)Cc2cnn(C)c2)c2ccccc2n1)C(=O)c1ccccc1CCC. The van der Waals surface area contributed by atoms with E-state index in [1.807, 2.05) is 75.0 Å². The van der Waals surface area contributed by atoms with Crippen LogP contribution in [0.5, 0.6) is 0 Å². The molecule has 0 saturated carbocycles. The topological polar surface area (TPSA) is 90.9 Å². The van der Waals surface area contributed by atoms with Gasteiger partial charge in [-0.25, -0.2) is 9.97 Å². The fraction of sp³-hybridized carbons (Fsp3) is 0.258. The predicted molar refractivity (Wildman–Crippen MR) is 154 cm³/mol.